The lowest BCUT2D eigenvalue weighted by Gasteiger charge is -2.18. The number of Topliss-reactive ketones (excluding diaryl/α,β-unsaturated/α-hetero) is 1. The highest BCUT2D eigenvalue weighted by Crippen LogP contribution is 2.32. The van der Waals surface area contributed by atoms with Crippen molar-refractivity contribution in [2.24, 2.45) is 4.99 Å². The fourth-order valence-electron chi connectivity index (χ4n) is 2.75. The van der Waals surface area contributed by atoms with E-state index in [1.807, 2.05) is 44.2 Å². The lowest BCUT2D eigenvalue weighted by atomic mass is 9.92. The second kappa shape index (κ2) is 7.34. The molecule has 0 saturated heterocycles. The number of fused-ring (bicyclic) bond motifs is 1. The molecule has 3 rings (SSSR count). The zero-order valence-corrected chi connectivity index (χ0v) is 14.5. The van der Waals surface area contributed by atoms with Crippen molar-refractivity contribution in [3.05, 3.63) is 70.8 Å². The second-order valence-electron chi connectivity index (χ2n) is 6.25. The van der Waals surface area contributed by atoms with Gasteiger partial charge in [0, 0.05) is 17.7 Å². The first-order valence-electron chi connectivity index (χ1n) is 8.33. The molecule has 128 valence electrons. The predicted octanol–water partition coefficient (Wildman–Crippen LogP) is 3.97. The minimum Gasteiger partial charge on any atom is -0.504 e. The van der Waals surface area contributed by atoms with Gasteiger partial charge in [0.25, 0.3) is 0 Å². The van der Waals surface area contributed by atoms with Crippen molar-refractivity contribution in [3.63, 3.8) is 0 Å². The van der Waals surface area contributed by atoms with Crippen LogP contribution in [-0.2, 0) is 6.42 Å². The number of aliphatic imine (C=N–C) groups is 1. The molecule has 0 fully saturated rings. The number of ketones is 1. The summed E-state index contributed by atoms with van der Waals surface area (Å²) in [7, 11) is 0. The normalized spacial score (nSPS) is 12.8. The molecule has 0 radical (unpaired) electrons. The maximum Gasteiger partial charge on any atom is 0.211 e. The van der Waals surface area contributed by atoms with Crippen molar-refractivity contribution in [1.29, 1.82) is 0 Å². The Morgan fingerprint density at radius 1 is 1.24 bits per heavy atom. The number of benzene rings is 2. The fourth-order valence-corrected chi connectivity index (χ4v) is 2.75. The van der Waals surface area contributed by atoms with Gasteiger partial charge in [-0.15, -0.1) is 0 Å². The van der Waals surface area contributed by atoms with Crippen molar-refractivity contribution >= 4 is 11.5 Å². The van der Waals surface area contributed by atoms with Crippen LogP contribution < -0.4 is 4.74 Å². The summed E-state index contributed by atoms with van der Waals surface area (Å²) in [6.07, 6.45) is 2.67. The van der Waals surface area contributed by atoms with Crippen molar-refractivity contribution in [2.45, 2.75) is 20.3 Å². The van der Waals surface area contributed by atoms with Crippen LogP contribution in [0.25, 0.3) is 0 Å². The number of nitrogens with zero attached hydrogens (tertiary/aromatic N) is 1. The van der Waals surface area contributed by atoms with Gasteiger partial charge in [0.1, 0.15) is 12.3 Å². The van der Waals surface area contributed by atoms with Gasteiger partial charge in [0.15, 0.2) is 11.5 Å². The summed E-state index contributed by atoms with van der Waals surface area (Å²) in [5, 5.41) is 10.3. The van der Waals surface area contributed by atoms with Gasteiger partial charge in [-0.05, 0) is 44.0 Å². The third-order valence-corrected chi connectivity index (χ3v) is 4.07. The Morgan fingerprint density at radius 3 is 2.72 bits per heavy atom. The molecule has 0 bridgehead atoms. The maximum atomic E-state index is 12.8. The molecule has 4 nitrogen and oxygen atoms in total. The molecule has 25 heavy (non-hydrogen) atoms. The first kappa shape index (κ1) is 17.0. The zero-order chi connectivity index (χ0) is 17.8. The molecule has 0 atom stereocenters. The van der Waals surface area contributed by atoms with Gasteiger partial charge in [-0.1, -0.05) is 35.9 Å². The molecule has 0 amide bonds. The summed E-state index contributed by atoms with van der Waals surface area (Å²) in [6.45, 7) is 4.94. The molecule has 0 unspecified atom stereocenters. The minimum absolute atomic E-state index is 0.0244. The molecule has 1 aliphatic rings. The van der Waals surface area contributed by atoms with Crippen LogP contribution in [0.5, 0.6) is 11.5 Å². The molecular formula is C21H21NO3. The van der Waals surface area contributed by atoms with Crippen LogP contribution in [-0.4, -0.2) is 29.8 Å². The number of phenolic OH excluding ortho intramolecular Hbond substituents is 1. The lowest BCUT2D eigenvalue weighted by Crippen LogP contribution is -2.22. The number of hydrogen-bond donors (Lipinski definition) is 1. The first-order chi connectivity index (χ1) is 12.1. The van der Waals surface area contributed by atoms with E-state index in [2.05, 4.69) is 4.99 Å². The number of carbonyl (C=O) groups excluding carboxylic acids is 1. The van der Waals surface area contributed by atoms with E-state index in [4.69, 9.17) is 4.74 Å². The van der Waals surface area contributed by atoms with Crippen LogP contribution in [0.2, 0.25) is 0 Å². The van der Waals surface area contributed by atoms with E-state index in [0.717, 1.165) is 17.6 Å². The van der Waals surface area contributed by atoms with Gasteiger partial charge in [-0.25, -0.2) is 0 Å². The van der Waals surface area contributed by atoms with E-state index < -0.39 is 0 Å². The molecular weight excluding hydrogens is 314 g/mol. The van der Waals surface area contributed by atoms with Gasteiger partial charge >= 0.3 is 0 Å². The number of rotatable bonds is 5. The number of aromatic hydroxyl groups is 1. The van der Waals surface area contributed by atoms with E-state index in [0.29, 0.717) is 35.7 Å². The number of ether oxygens (including phenoxy) is 1. The van der Waals surface area contributed by atoms with Crippen LogP contribution in [0.3, 0.4) is 0 Å². The van der Waals surface area contributed by atoms with Gasteiger partial charge < -0.3 is 9.84 Å². The molecule has 2 aromatic carbocycles. The van der Waals surface area contributed by atoms with E-state index in [1.54, 1.807) is 18.2 Å². The molecule has 0 aliphatic carbocycles. The average molecular weight is 335 g/mol. The van der Waals surface area contributed by atoms with Crippen molar-refractivity contribution in [2.75, 3.05) is 13.2 Å². The second-order valence-corrected chi connectivity index (χ2v) is 6.25. The number of allylic oxidation sites excluding steroid dienone is 1. The minimum atomic E-state index is -0.126. The molecule has 1 N–H and O–H groups in total. The smallest absolute Gasteiger partial charge is 0.211 e. The van der Waals surface area contributed by atoms with Gasteiger partial charge in [-0.2, -0.15) is 0 Å². The Balaban J connectivity index is 1.90. The molecule has 0 saturated carbocycles. The Bertz CT molecular complexity index is 847. The Morgan fingerprint density at radius 2 is 2.00 bits per heavy atom. The third-order valence-electron chi connectivity index (χ3n) is 4.07. The number of phenols is 1. The van der Waals surface area contributed by atoms with Crippen LogP contribution >= 0.6 is 0 Å². The summed E-state index contributed by atoms with van der Waals surface area (Å²) in [5.41, 5.74) is 3.81. The van der Waals surface area contributed by atoms with Crippen LogP contribution in [0.4, 0.5) is 0 Å². The van der Waals surface area contributed by atoms with Crippen molar-refractivity contribution in [1.82, 2.24) is 0 Å². The molecule has 1 aliphatic heterocycles. The highest BCUT2D eigenvalue weighted by Gasteiger charge is 2.23. The van der Waals surface area contributed by atoms with Gasteiger partial charge in [-0.3, -0.25) is 9.79 Å². The summed E-state index contributed by atoms with van der Waals surface area (Å²) >= 11 is 0. The van der Waals surface area contributed by atoms with E-state index in [1.165, 1.54) is 0 Å². The standard InChI is InChI=1S/C21H21NO3/c1-14(2)9-11-25-19-12-16-8-10-22-20(17(16)13-18(19)23)21(24)15-6-4-3-5-7-15/h3-7,9,12-13,23H,8,10-11H2,1-2H3. The lowest BCUT2D eigenvalue weighted by molar-refractivity contribution is 0.106. The topological polar surface area (TPSA) is 58.9 Å². The Kier molecular flexibility index (Phi) is 4.98. The van der Waals surface area contributed by atoms with E-state index in [-0.39, 0.29) is 11.5 Å². The molecule has 4 heteroatoms. The zero-order valence-electron chi connectivity index (χ0n) is 14.5. The molecule has 0 aromatic heterocycles. The largest absolute Gasteiger partial charge is 0.504 e. The van der Waals surface area contributed by atoms with Gasteiger partial charge in [0.05, 0.1) is 0 Å². The van der Waals surface area contributed by atoms with Crippen LogP contribution in [0, 0.1) is 0 Å². The fraction of sp³-hybridized carbons (Fsp3) is 0.238. The molecule has 0 spiro atoms. The quantitative estimate of drug-likeness (QED) is 0.664. The molecule has 2 aromatic rings. The Labute approximate surface area is 147 Å². The van der Waals surface area contributed by atoms with E-state index >= 15 is 0 Å². The van der Waals surface area contributed by atoms with Gasteiger partial charge in [0.2, 0.25) is 5.78 Å². The average Bonchev–Trinajstić information content (AvgIpc) is 2.61. The number of hydrogen-bond acceptors (Lipinski definition) is 4. The molecule has 1 heterocycles. The SMILES string of the molecule is CC(C)=CCOc1cc2c(cc1O)C(C(=O)c1ccccc1)=NCC2. The number of carbonyl (C=O) groups is 1. The maximum absolute atomic E-state index is 12.8. The van der Waals surface area contributed by atoms with Crippen LogP contribution in [0.1, 0.15) is 35.3 Å². The van der Waals surface area contributed by atoms with Crippen LogP contribution in [0.15, 0.2) is 59.1 Å². The monoisotopic (exact) mass is 335 g/mol. The third kappa shape index (κ3) is 3.79. The highest BCUT2D eigenvalue weighted by atomic mass is 16.5. The predicted molar refractivity (Wildman–Crippen MR) is 98.9 cm³/mol. The Hall–Kier alpha value is -2.88. The summed E-state index contributed by atoms with van der Waals surface area (Å²) in [6, 6.07) is 12.5. The summed E-state index contributed by atoms with van der Waals surface area (Å²) in [5.74, 6) is 0.334. The van der Waals surface area contributed by atoms with Crippen molar-refractivity contribution in [3.8, 4) is 11.5 Å². The summed E-state index contributed by atoms with van der Waals surface area (Å²) < 4.78 is 5.64. The summed E-state index contributed by atoms with van der Waals surface area (Å²) in [4.78, 5) is 17.2. The highest BCUT2D eigenvalue weighted by molar-refractivity contribution is 6.51. The van der Waals surface area contributed by atoms with E-state index in [9.17, 15) is 9.90 Å². The first-order valence-corrected chi connectivity index (χ1v) is 8.33. The van der Waals surface area contributed by atoms with Crippen molar-refractivity contribution < 1.29 is 14.6 Å².